The predicted molar refractivity (Wildman–Crippen MR) is 196 cm³/mol. The number of pyridine rings is 2. The molecule has 3 aromatic heterocycles. The van der Waals surface area contributed by atoms with Gasteiger partial charge in [0.2, 0.25) is 10.0 Å². The molecule has 1 amide bonds. The van der Waals surface area contributed by atoms with E-state index in [1.807, 2.05) is 13.8 Å². The molecule has 5 rings (SSSR count). The molecule has 0 bridgehead atoms. The van der Waals surface area contributed by atoms with Crippen molar-refractivity contribution in [3.63, 3.8) is 0 Å². The minimum absolute atomic E-state index is 0.0135. The number of hydrogen-bond acceptors (Lipinski definition) is 7. The number of hydrogen-bond donors (Lipinski definition) is 1. The number of aryl methyl sites for hydroxylation is 2. The molecule has 0 saturated heterocycles. The summed E-state index contributed by atoms with van der Waals surface area (Å²) in [5.74, 6) is -0.412. The molecule has 266 valence electrons. The van der Waals surface area contributed by atoms with Crippen molar-refractivity contribution in [1.82, 2.24) is 24.2 Å². The van der Waals surface area contributed by atoms with Crippen LogP contribution in [0, 0.1) is 5.82 Å². The third-order valence-corrected chi connectivity index (χ3v) is 9.99. The Hall–Kier alpha value is -5.07. The standard InChI is InChI=1S/C39H43FN6O4S/c1-6-12-36-43-33(7-2)37(34(47)19-22-45(30-14-11-21-42-25-30)38(48)28-13-10-20-41-24-28)46(36)26-29-18-17-27(23-32(29)40)31-15-8-9-16-35(31)51(49,50)44-39(3,4)5/h8-11,13-18,20-21,23-25,44H,6-7,12,19,22,26H2,1-5H3. The summed E-state index contributed by atoms with van der Waals surface area (Å²) in [6.07, 6.45) is 8.06. The van der Waals surface area contributed by atoms with Gasteiger partial charge in [0, 0.05) is 54.6 Å². The van der Waals surface area contributed by atoms with E-state index in [0.29, 0.717) is 58.0 Å². The van der Waals surface area contributed by atoms with Crippen molar-refractivity contribution in [2.45, 2.75) is 77.3 Å². The Morgan fingerprint density at radius 3 is 2.29 bits per heavy atom. The van der Waals surface area contributed by atoms with Crippen LogP contribution in [0.5, 0.6) is 0 Å². The normalized spacial score (nSPS) is 11.8. The molecule has 0 saturated carbocycles. The Kier molecular flexibility index (Phi) is 11.6. The summed E-state index contributed by atoms with van der Waals surface area (Å²) in [6, 6.07) is 18.0. The summed E-state index contributed by atoms with van der Waals surface area (Å²) in [6.45, 7) is 9.32. The molecular formula is C39H43FN6O4S. The van der Waals surface area contributed by atoms with Gasteiger partial charge in [-0.2, -0.15) is 0 Å². The van der Waals surface area contributed by atoms with E-state index in [1.165, 1.54) is 23.2 Å². The highest BCUT2D eigenvalue weighted by Crippen LogP contribution is 2.30. The summed E-state index contributed by atoms with van der Waals surface area (Å²) in [7, 11) is -3.90. The number of imidazole rings is 1. The number of carbonyl (C=O) groups excluding carboxylic acids is 2. The first kappa shape index (κ1) is 37.2. The zero-order valence-corrected chi connectivity index (χ0v) is 30.4. The van der Waals surface area contributed by atoms with Crippen LogP contribution in [0.4, 0.5) is 10.1 Å². The van der Waals surface area contributed by atoms with Gasteiger partial charge in [-0.15, -0.1) is 0 Å². The van der Waals surface area contributed by atoms with E-state index in [0.717, 1.165) is 6.42 Å². The second kappa shape index (κ2) is 15.9. The van der Waals surface area contributed by atoms with E-state index in [-0.39, 0.29) is 36.1 Å². The van der Waals surface area contributed by atoms with E-state index < -0.39 is 21.4 Å². The predicted octanol–water partition coefficient (Wildman–Crippen LogP) is 7.04. The zero-order valence-electron chi connectivity index (χ0n) is 29.6. The number of anilines is 1. The van der Waals surface area contributed by atoms with E-state index in [1.54, 1.807) is 98.5 Å². The minimum Gasteiger partial charge on any atom is -0.321 e. The molecule has 0 aliphatic rings. The maximum Gasteiger partial charge on any atom is 0.259 e. The Labute approximate surface area is 298 Å². The Bertz CT molecular complexity index is 2110. The van der Waals surface area contributed by atoms with Gasteiger partial charge in [-0.1, -0.05) is 44.2 Å². The molecule has 2 aromatic carbocycles. The largest absolute Gasteiger partial charge is 0.321 e. The van der Waals surface area contributed by atoms with Gasteiger partial charge in [0.25, 0.3) is 5.91 Å². The van der Waals surface area contributed by atoms with Crippen LogP contribution >= 0.6 is 0 Å². The molecule has 0 fully saturated rings. The molecular weight excluding hydrogens is 668 g/mol. The van der Waals surface area contributed by atoms with Crippen LogP contribution in [0.15, 0.2) is 96.4 Å². The number of ketones is 1. The summed E-state index contributed by atoms with van der Waals surface area (Å²) in [5.41, 5.74) is 2.31. The third-order valence-electron chi connectivity index (χ3n) is 8.17. The average molecular weight is 711 g/mol. The smallest absolute Gasteiger partial charge is 0.259 e. The van der Waals surface area contributed by atoms with Crippen molar-refractivity contribution in [3.05, 3.63) is 126 Å². The summed E-state index contributed by atoms with van der Waals surface area (Å²) < 4.78 is 47.0. The fourth-order valence-electron chi connectivity index (χ4n) is 5.95. The van der Waals surface area contributed by atoms with Crippen molar-refractivity contribution >= 4 is 27.4 Å². The van der Waals surface area contributed by atoms with Gasteiger partial charge in [-0.25, -0.2) is 22.5 Å². The molecule has 12 heteroatoms. The molecule has 0 aliphatic heterocycles. The summed E-state index contributed by atoms with van der Waals surface area (Å²) in [4.78, 5) is 42.3. The highest BCUT2D eigenvalue weighted by Gasteiger charge is 2.27. The number of sulfonamides is 1. The maximum atomic E-state index is 16.0. The number of aromatic nitrogens is 4. The Morgan fingerprint density at radius 1 is 0.941 bits per heavy atom. The number of carbonyl (C=O) groups is 2. The minimum atomic E-state index is -3.90. The Morgan fingerprint density at radius 2 is 1.67 bits per heavy atom. The van der Waals surface area contributed by atoms with Crippen LogP contribution in [-0.2, 0) is 29.4 Å². The first-order chi connectivity index (χ1) is 24.3. The molecule has 1 N–H and O–H groups in total. The molecule has 0 radical (unpaired) electrons. The lowest BCUT2D eigenvalue weighted by Crippen LogP contribution is -2.40. The molecule has 0 atom stereocenters. The van der Waals surface area contributed by atoms with Crippen molar-refractivity contribution in [1.29, 1.82) is 0 Å². The summed E-state index contributed by atoms with van der Waals surface area (Å²) >= 11 is 0. The first-order valence-electron chi connectivity index (χ1n) is 17.0. The van der Waals surface area contributed by atoms with E-state index in [9.17, 15) is 18.0 Å². The van der Waals surface area contributed by atoms with Crippen LogP contribution < -0.4 is 9.62 Å². The fraction of sp³-hybridized carbons (Fsp3) is 0.308. The second-order valence-corrected chi connectivity index (χ2v) is 14.9. The number of nitrogens with one attached hydrogen (secondary N) is 1. The van der Waals surface area contributed by atoms with E-state index in [2.05, 4.69) is 14.7 Å². The Balaban J connectivity index is 1.46. The van der Waals surface area contributed by atoms with Gasteiger partial charge in [-0.3, -0.25) is 19.6 Å². The molecule has 0 aliphatic carbocycles. The topological polar surface area (TPSA) is 127 Å². The molecule has 0 spiro atoms. The quantitative estimate of drug-likeness (QED) is 0.123. The molecule has 5 aromatic rings. The molecule has 51 heavy (non-hydrogen) atoms. The highest BCUT2D eigenvalue weighted by molar-refractivity contribution is 7.89. The van der Waals surface area contributed by atoms with E-state index in [4.69, 9.17) is 4.98 Å². The van der Waals surface area contributed by atoms with Gasteiger partial charge in [0.15, 0.2) is 5.78 Å². The number of amides is 1. The van der Waals surface area contributed by atoms with Crippen LogP contribution in [0.3, 0.4) is 0 Å². The molecule has 10 nitrogen and oxygen atoms in total. The van der Waals surface area contributed by atoms with Gasteiger partial charge < -0.3 is 9.47 Å². The van der Waals surface area contributed by atoms with Gasteiger partial charge in [0.1, 0.15) is 17.3 Å². The SMILES string of the molecule is CCCc1nc(CC)c(C(=O)CCN(C(=O)c2cccnc2)c2cccnc2)n1Cc1ccc(-c2ccccc2S(=O)(=O)NC(C)(C)C)cc1F. The van der Waals surface area contributed by atoms with Gasteiger partial charge in [0.05, 0.1) is 34.6 Å². The van der Waals surface area contributed by atoms with Crippen molar-refractivity contribution in [2.75, 3.05) is 11.4 Å². The van der Waals surface area contributed by atoms with Crippen LogP contribution in [0.25, 0.3) is 11.1 Å². The number of halogens is 1. The van der Waals surface area contributed by atoms with Crippen molar-refractivity contribution in [2.24, 2.45) is 0 Å². The van der Waals surface area contributed by atoms with Crippen molar-refractivity contribution in [3.8, 4) is 11.1 Å². The van der Waals surface area contributed by atoms with Crippen molar-refractivity contribution < 1.29 is 22.4 Å². The number of benzene rings is 2. The lowest BCUT2D eigenvalue weighted by molar-refractivity contribution is 0.0961. The average Bonchev–Trinajstić information content (AvgIpc) is 3.45. The monoisotopic (exact) mass is 710 g/mol. The lowest BCUT2D eigenvalue weighted by Gasteiger charge is -2.22. The second-order valence-electron chi connectivity index (χ2n) is 13.3. The molecule has 0 unspecified atom stereocenters. The molecule has 3 heterocycles. The highest BCUT2D eigenvalue weighted by atomic mass is 32.2. The first-order valence-corrected chi connectivity index (χ1v) is 18.5. The van der Waals surface area contributed by atoms with Gasteiger partial charge in [-0.05, 0) is 75.6 Å². The van der Waals surface area contributed by atoms with Crippen LogP contribution in [0.1, 0.15) is 85.4 Å². The zero-order chi connectivity index (χ0) is 36.8. The number of nitrogens with zero attached hydrogens (tertiary/aromatic N) is 5. The summed E-state index contributed by atoms with van der Waals surface area (Å²) in [5, 5.41) is 0. The third kappa shape index (κ3) is 8.81. The number of Topliss-reactive ketones (excluding diaryl/α,β-unsaturated/α-hetero) is 1. The van der Waals surface area contributed by atoms with Gasteiger partial charge >= 0.3 is 0 Å². The number of rotatable bonds is 14. The van der Waals surface area contributed by atoms with Crippen LogP contribution in [0.2, 0.25) is 0 Å². The lowest BCUT2D eigenvalue weighted by atomic mass is 10.0. The van der Waals surface area contributed by atoms with Crippen LogP contribution in [-0.4, -0.2) is 51.7 Å². The fourth-order valence-corrected chi connectivity index (χ4v) is 7.60. The maximum absolute atomic E-state index is 16.0. The van der Waals surface area contributed by atoms with E-state index >= 15 is 4.39 Å².